The van der Waals surface area contributed by atoms with Crippen LogP contribution in [-0.4, -0.2) is 33.9 Å². The van der Waals surface area contributed by atoms with Crippen molar-refractivity contribution in [3.63, 3.8) is 0 Å². The summed E-state index contributed by atoms with van der Waals surface area (Å²) in [5, 5.41) is 8.06. The van der Waals surface area contributed by atoms with Crippen molar-refractivity contribution in [1.82, 2.24) is 14.8 Å². The van der Waals surface area contributed by atoms with Crippen LogP contribution >= 0.6 is 11.6 Å². The summed E-state index contributed by atoms with van der Waals surface area (Å²) < 4.78 is 45.7. The maximum absolute atomic E-state index is 12.8. The van der Waals surface area contributed by atoms with Gasteiger partial charge < -0.3 is 10.1 Å². The summed E-state index contributed by atoms with van der Waals surface area (Å²) in [6.45, 7) is 1.35. The van der Waals surface area contributed by atoms with E-state index in [0.717, 1.165) is 30.4 Å². The van der Waals surface area contributed by atoms with Crippen LogP contribution in [0.25, 0.3) is 10.9 Å². The van der Waals surface area contributed by atoms with Crippen molar-refractivity contribution in [1.29, 1.82) is 0 Å². The minimum absolute atomic E-state index is 0.224. The van der Waals surface area contributed by atoms with E-state index in [1.54, 1.807) is 12.1 Å². The van der Waals surface area contributed by atoms with Gasteiger partial charge in [0.05, 0.1) is 22.3 Å². The number of aromatic nitrogens is 3. The Morgan fingerprint density at radius 2 is 2.00 bits per heavy atom. The number of halogens is 4. The van der Waals surface area contributed by atoms with E-state index >= 15 is 0 Å². The summed E-state index contributed by atoms with van der Waals surface area (Å²) in [5.74, 6) is -0.783. The fourth-order valence-corrected chi connectivity index (χ4v) is 3.41. The molecular weight excluding hydrogens is 409 g/mol. The molecule has 0 aliphatic carbocycles. The van der Waals surface area contributed by atoms with E-state index in [0.29, 0.717) is 18.7 Å². The zero-order valence-electron chi connectivity index (χ0n) is 15.0. The molecule has 1 aliphatic heterocycles. The van der Waals surface area contributed by atoms with E-state index < -0.39 is 17.8 Å². The standard InChI is InChI=1S/C19H16ClF3N4O2/c20-13-9-15-11(10-27(26-15)12-4-6-29-7-5-12)8-16(13)25-18(28)14-2-1-3-17(24-14)19(21,22)23/h1-3,8-10,12H,4-7H2,(H,25,28). The van der Waals surface area contributed by atoms with Crippen molar-refractivity contribution in [2.24, 2.45) is 0 Å². The normalized spacial score (nSPS) is 15.6. The minimum atomic E-state index is -4.63. The van der Waals surface area contributed by atoms with Gasteiger partial charge in [-0.05, 0) is 37.1 Å². The zero-order chi connectivity index (χ0) is 20.6. The molecule has 152 valence electrons. The molecule has 0 unspecified atom stereocenters. The molecule has 1 N–H and O–H groups in total. The molecule has 0 radical (unpaired) electrons. The van der Waals surface area contributed by atoms with Crippen LogP contribution in [0.4, 0.5) is 18.9 Å². The van der Waals surface area contributed by atoms with Crippen molar-refractivity contribution in [3.8, 4) is 0 Å². The SMILES string of the molecule is O=C(Nc1cc2cn(C3CCOCC3)nc2cc1Cl)c1cccc(C(F)(F)F)n1. The van der Waals surface area contributed by atoms with E-state index in [1.165, 1.54) is 6.07 Å². The molecule has 0 spiro atoms. The maximum atomic E-state index is 12.8. The Bertz CT molecular complexity index is 1060. The Morgan fingerprint density at radius 1 is 1.24 bits per heavy atom. The number of nitrogens with one attached hydrogen (secondary N) is 1. The number of hydrogen-bond donors (Lipinski definition) is 1. The van der Waals surface area contributed by atoms with Gasteiger partial charge in [-0.2, -0.15) is 18.3 Å². The van der Waals surface area contributed by atoms with Gasteiger partial charge in [-0.1, -0.05) is 17.7 Å². The summed E-state index contributed by atoms with van der Waals surface area (Å²) in [4.78, 5) is 15.8. The number of amides is 1. The molecule has 6 nitrogen and oxygen atoms in total. The number of pyridine rings is 1. The van der Waals surface area contributed by atoms with Gasteiger partial charge in [0.1, 0.15) is 11.4 Å². The van der Waals surface area contributed by atoms with Gasteiger partial charge in [0, 0.05) is 24.8 Å². The van der Waals surface area contributed by atoms with Crippen LogP contribution in [0.5, 0.6) is 0 Å². The number of benzene rings is 1. The van der Waals surface area contributed by atoms with Crippen LogP contribution in [0.2, 0.25) is 5.02 Å². The second-order valence-corrected chi connectivity index (χ2v) is 7.11. The molecule has 4 rings (SSSR count). The van der Waals surface area contributed by atoms with Crippen LogP contribution in [0, 0.1) is 0 Å². The third-order valence-electron chi connectivity index (χ3n) is 4.70. The summed E-state index contributed by atoms with van der Waals surface area (Å²) in [6, 6.07) is 6.63. The van der Waals surface area contributed by atoms with E-state index in [4.69, 9.17) is 16.3 Å². The first kappa shape index (κ1) is 19.7. The summed E-state index contributed by atoms with van der Waals surface area (Å²) in [6.07, 6.45) is -1.07. The molecule has 1 amide bonds. The Hall–Kier alpha value is -2.65. The Labute approximate surface area is 168 Å². The van der Waals surface area contributed by atoms with E-state index in [2.05, 4.69) is 15.4 Å². The van der Waals surface area contributed by atoms with E-state index in [-0.39, 0.29) is 22.4 Å². The number of hydrogen-bond acceptors (Lipinski definition) is 4. The van der Waals surface area contributed by atoms with Gasteiger partial charge in [-0.15, -0.1) is 0 Å². The minimum Gasteiger partial charge on any atom is -0.381 e. The summed E-state index contributed by atoms with van der Waals surface area (Å²) in [5.41, 5.74) is -0.551. The van der Waals surface area contributed by atoms with Gasteiger partial charge in [0.25, 0.3) is 5.91 Å². The molecular formula is C19H16ClF3N4O2. The van der Waals surface area contributed by atoms with Crippen LogP contribution in [0.3, 0.4) is 0 Å². The average molecular weight is 425 g/mol. The van der Waals surface area contributed by atoms with Crippen LogP contribution < -0.4 is 5.32 Å². The average Bonchev–Trinajstić information content (AvgIpc) is 3.11. The number of anilines is 1. The molecule has 1 aromatic carbocycles. The summed E-state index contributed by atoms with van der Waals surface area (Å²) >= 11 is 6.25. The molecule has 10 heteroatoms. The smallest absolute Gasteiger partial charge is 0.381 e. The molecule has 0 saturated carbocycles. The van der Waals surface area contributed by atoms with Gasteiger partial charge in [-0.25, -0.2) is 4.98 Å². The quantitative estimate of drug-likeness (QED) is 0.661. The third-order valence-corrected chi connectivity index (χ3v) is 5.01. The zero-order valence-corrected chi connectivity index (χ0v) is 15.8. The predicted octanol–water partition coefficient (Wildman–Crippen LogP) is 4.71. The van der Waals surface area contributed by atoms with Crippen molar-refractivity contribution in [2.45, 2.75) is 25.1 Å². The number of ether oxygens (including phenoxy) is 1. The number of alkyl halides is 3. The van der Waals surface area contributed by atoms with Crippen molar-refractivity contribution in [2.75, 3.05) is 18.5 Å². The van der Waals surface area contributed by atoms with Crippen LogP contribution in [0.1, 0.15) is 35.1 Å². The molecule has 1 aliphatic rings. The largest absolute Gasteiger partial charge is 0.433 e. The van der Waals surface area contributed by atoms with E-state index in [1.807, 2.05) is 10.9 Å². The lowest BCUT2D eigenvalue weighted by atomic mass is 10.1. The first-order valence-electron chi connectivity index (χ1n) is 8.93. The molecule has 0 atom stereocenters. The van der Waals surface area contributed by atoms with Gasteiger partial charge >= 0.3 is 6.18 Å². The number of carbonyl (C=O) groups excluding carboxylic acids is 1. The van der Waals surface area contributed by atoms with Crippen molar-refractivity contribution >= 4 is 34.1 Å². The number of carbonyl (C=O) groups is 1. The molecule has 3 aromatic rings. The number of fused-ring (bicyclic) bond motifs is 1. The van der Waals surface area contributed by atoms with Crippen molar-refractivity contribution < 1.29 is 22.7 Å². The van der Waals surface area contributed by atoms with Crippen LogP contribution in [-0.2, 0) is 10.9 Å². The molecule has 1 saturated heterocycles. The highest BCUT2D eigenvalue weighted by Gasteiger charge is 2.33. The van der Waals surface area contributed by atoms with Gasteiger partial charge in [0.2, 0.25) is 0 Å². The third kappa shape index (κ3) is 4.20. The highest BCUT2D eigenvalue weighted by molar-refractivity contribution is 6.34. The first-order valence-corrected chi connectivity index (χ1v) is 9.31. The molecule has 0 bridgehead atoms. The predicted molar refractivity (Wildman–Crippen MR) is 101 cm³/mol. The Balaban J connectivity index is 1.59. The van der Waals surface area contributed by atoms with Gasteiger partial charge in [-0.3, -0.25) is 9.48 Å². The highest BCUT2D eigenvalue weighted by Crippen LogP contribution is 2.31. The number of nitrogens with zero attached hydrogens (tertiary/aromatic N) is 3. The lowest BCUT2D eigenvalue weighted by Crippen LogP contribution is -2.19. The monoisotopic (exact) mass is 424 g/mol. The topological polar surface area (TPSA) is 69.0 Å². The molecule has 29 heavy (non-hydrogen) atoms. The second kappa shape index (κ2) is 7.64. The first-order chi connectivity index (χ1) is 13.8. The lowest BCUT2D eigenvalue weighted by Gasteiger charge is -2.22. The second-order valence-electron chi connectivity index (χ2n) is 6.70. The fourth-order valence-electron chi connectivity index (χ4n) is 3.20. The van der Waals surface area contributed by atoms with Crippen molar-refractivity contribution in [3.05, 3.63) is 52.9 Å². The van der Waals surface area contributed by atoms with Gasteiger partial charge in [0.15, 0.2) is 0 Å². The molecule has 1 fully saturated rings. The fraction of sp³-hybridized carbons (Fsp3) is 0.316. The molecule has 2 aromatic heterocycles. The summed E-state index contributed by atoms with van der Waals surface area (Å²) in [7, 11) is 0. The Morgan fingerprint density at radius 3 is 2.72 bits per heavy atom. The maximum Gasteiger partial charge on any atom is 0.433 e. The molecule has 3 heterocycles. The Kier molecular flexibility index (Phi) is 5.18. The lowest BCUT2D eigenvalue weighted by molar-refractivity contribution is -0.141. The van der Waals surface area contributed by atoms with Crippen LogP contribution in [0.15, 0.2) is 36.5 Å². The number of rotatable bonds is 3. The highest BCUT2D eigenvalue weighted by atomic mass is 35.5. The van der Waals surface area contributed by atoms with E-state index in [9.17, 15) is 18.0 Å².